The number of carbonyl (C=O) groups is 1. The van der Waals surface area contributed by atoms with Gasteiger partial charge in [-0.1, -0.05) is 0 Å². The molecule has 0 aliphatic heterocycles. The summed E-state index contributed by atoms with van der Waals surface area (Å²) in [4.78, 5) is 24.5. The van der Waals surface area contributed by atoms with E-state index in [2.05, 4.69) is 10.2 Å². The quantitative estimate of drug-likeness (QED) is 0.633. The highest BCUT2D eigenvalue weighted by Crippen LogP contribution is 2.36. The molecule has 9 nitrogen and oxygen atoms in total. The van der Waals surface area contributed by atoms with Crippen molar-refractivity contribution in [2.24, 2.45) is 17.3 Å². The minimum Gasteiger partial charge on any atom is -0.493 e. The topological polar surface area (TPSA) is 141 Å². The standard InChI is InChI=1S/C17H15N5O4S/c1-5-26-17(25)13-9(3)10(6-18)14(27-13)21-20-12-8(2)11(7-19)15(23)22(4)16(12)24/h23H,5H2,1-4H3. The van der Waals surface area contributed by atoms with E-state index >= 15 is 0 Å². The fourth-order valence-corrected chi connectivity index (χ4v) is 3.28. The second kappa shape index (κ2) is 7.81. The maximum absolute atomic E-state index is 12.3. The lowest BCUT2D eigenvalue weighted by atomic mass is 10.1. The Morgan fingerprint density at radius 3 is 2.41 bits per heavy atom. The van der Waals surface area contributed by atoms with Crippen LogP contribution >= 0.6 is 11.3 Å². The van der Waals surface area contributed by atoms with Crippen LogP contribution in [0.3, 0.4) is 0 Å². The molecule has 2 aromatic rings. The van der Waals surface area contributed by atoms with Gasteiger partial charge in [-0.15, -0.1) is 21.6 Å². The summed E-state index contributed by atoms with van der Waals surface area (Å²) in [6.45, 7) is 4.92. The molecular weight excluding hydrogens is 370 g/mol. The molecule has 0 aromatic carbocycles. The molecule has 0 bridgehead atoms. The summed E-state index contributed by atoms with van der Waals surface area (Å²) in [5.74, 6) is -1.03. The Hall–Kier alpha value is -3.50. The lowest BCUT2D eigenvalue weighted by molar-refractivity contribution is 0.0531. The van der Waals surface area contributed by atoms with Crippen molar-refractivity contribution in [2.75, 3.05) is 6.61 Å². The molecule has 0 atom stereocenters. The molecule has 0 saturated carbocycles. The zero-order valence-electron chi connectivity index (χ0n) is 15.0. The first-order chi connectivity index (χ1) is 12.8. The third kappa shape index (κ3) is 3.43. The Bertz CT molecular complexity index is 1100. The van der Waals surface area contributed by atoms with E-state index in [-0.39, 0.29) is 38.9 Å². The number of aromatic nitrogens is 1. The van der Waals surface area contributed by atoms with Gasteiger partial charge in [0, 0.05) is 12.6 Å². The van der Waals surface area contributed by atoms with Crippen molar-refractivity contribution in [1.82, 2.24) is 4.57 Å². The van der Waals surface area contributed by atoms with Crippen LogP contribution in [0.2, 0.25) is 0 Å². The molecule has 0 unspecified atom stereocenters. The normalized spacial score (nSPS) is 10.6. The van der Waals surface area contributed by atoms with Gasteiger partial charge in [-0.3, -0.25) is 9.36 Å². The molecule has 0 spiro atoms. The fourth-order valence-electron chi connectivity index (χ4n) is 2.31. The Kier molecular flexibility index (Phi) is 5.73. The van der Waals surface area contributed by atoms with E-state index in [0.717, 1.165) is 15.9 Å². The van der Waals surface area contributed by atoms with Gasteiger partial charge in [0.1, 0.15) is 22.6 Å². The van der Waals surface area contributed by atoms with Gasteiger partial charge in [0.25, 0.3) is 5.56 Å². The van der Waals surface area contributed by atoms with Gasteiger partial charge in [0.15, 0.2) is 10.7 Å². The maximum Gasteiger partial charge on any atom is 0.348 e. The van der Waals surface area contributed by atoms with Crippen LogP contribution in [0, 0.1) is 36.5 Å². The predicted molar refractivity (Wildman–Crippen MR) is 96.7 cm³/mol. The van der Waals surface area contributed by atoms with Crippen LogP contribution in [0.15, 0.2) is 15.0 Å². The van der Waals surface area contributed by atoms with E-state index < -0.39 is 17.4 Å². The molecule has 2 heterocycles. The largest absolute Gasteiger partial charge is 0.493 e. The van der Waals surface area contributed by atoms with Crippen LogP contribution in [0.5, 0.6) is 5.88 Å². The van der Waals surface area contributed by atoms with E-state index in [4.69, 9.17) is 10.00 Å². The van der Waals surface area contributed by atoms with E-state index in [1.54, 1.807) is 13.8 Å². The monoisotopic (exact) mass is 385 g/mol. The number of aromatic hydroxyl groups is 1. The van der Waals surface area contributed by atoms with Gasteiger partial charge in [-0.05, 0) is 26.3 Å². The fraction of sp³-hybridized carbons (Fsp3) is 0.294. The van der Waals surface area contributed by atoms with Gasteiger partial charge in [0.2, 0.25) is 5.88 Å². The highest BCUT2D eigenvalue weighted by Gasteiger charge is 2.22. The van der Waals surface area contributed by atoms with Crippen LogP contribution in [0.4, 0.5) is 10.7 Å². The molecular formula is C17H15N5O4S. The number of pyridine rings is 1. The van der Waals surface area contributed by atoms with Gasteiger partial charge in [0.05, 0.1) is 12.2 Å². The molecule has 0 aliphatic rings. The smallest absolute Gasteiger partial charge is 0.348 e. The maximum atomic E-state index is 12.3. The lowest BCUT2D eigenvalue weighted by Crippen LogP contribution is -2.18. The van der Waals surface area contributed by atoms with Gasteiger partial charge in [-0.2, -0.15) is 10.5 Å². The molecule has 1 N–H and O–H groups in total. The molecule has 0 aliphatic carbocycles. The Labute approximate surface area is 158 Å². The van der Waals surface area contributed by atoms with Crippen molar-refractivity contribution in [3.8, 4) is 18.0 Å². The molecule has 2 aromatic heterocycles. The number of hydrogen-bond acceptors (Lipinski definition) is 9. The van der Waals surface area contributed by atoms with Crippen molar-refractivity contribution < 1.29 is 14.6 Å². The molecule has 138 valence electrons. The Balaban J connectivity index is 2.61. The average molecular weight is 385 g/mol. The van der Waals surface area contributed by atoms with Crippen molar-refractivity contribution in [3.05, 3.63) is 37.5 Å². The first kappa shape index (κ1) is 19.8. The SMILES string of the molecule is CCOC(=O)c1sc(N=Nc2c(C)c(C#N)c(O)n(C)c2=O)c(C#N)c1C. The summed E-state index contributed by atoms with van der Waals surface area (Å²) in [5, 5.41) is 36.4. The lowest BCUT2D eigenvalue weighted by Gasteiger charge is -2.08. The van der Waals surface area contributed by atoms with Crippen LogP contribution in [-0.4, -0.2) is 22.2 Å². The van der Waals surface area contributed by atoms with Gasteiger partial charge < -0.3 is 9.84 Å². The number of esters is 1. The van der Waals surface area contributed by atoms with Gasteiger partial charge >= 0.3 is 5.97 Å². The summed E-state index contributed by atoms with van der Waals surface area (Å²) in [6, 6.07) is 3.78. The summed E-state index contributed by atoms with van der Waals surface area (Å²) in [6.07, 6.45) is 0. The second-order valence-corrected chi connectivity index (χ2v) is 6.42. The molecule has 10 heteroatoms. The van der Waals surface area contributed by atoms with Crippen LogP contribution in [0.1, 0.15) is 38.8 Å². The minimum absolute atomic E-state index is 0.0962. The first-order valence-corrected chi connectivity index (χ1v) is 8.55. The molecule has 0 radical (unpaired) electrons. The van der Waals surface area contributed by atoms with E-state index in [1.807, 2.05) is 12.1 Å². The number of ether oxygens (including phenoxy) is 1. The number of thiophene rings is 1. The number of nitriles is 2. The Morgan fingerprint density at radius 2 is 1.85 bits per heavy atom. The Morgan fingerprint density at radius 1 is 1.22 bits per heavy atom. The molecule has 2 rings (SSSR count). The van der Waals surface area contributed by atoms with Crippen molar-refractivity contribution >= 4 is 28.0 Å². The zero-order chi connectivity index (χ0) is 20.3. The highest BCUT2D eigenvalue weighted by molar-refractivity contribution is 7.18. The van der Waals surface area contributed by atoms with E-state index in [0.29, 0.717) is 5.56 Å². The van der Waals surface area contributed by atoms with Gasteiger partial charge in [-0.25, -0.2) is 4.79 Å². The van der Waals surface area contributed by atoms with Crippen molar-refractivity contribution in [2.45, 2.75) is 20.8 Å². The third-order valence-corrected chi connectivity index (χ3v) is 4.99. The summed E-state index contributed by atoms with van der Waals surface area (Å²) >= 11 is 0.926. The van der Waals surface area contributed by atoms with Crippen molar-refractivity contribution in [1.29, 1.82) is 10.5 Å². The highest BCUT2D eigenvalue weighted by atomic mass is 32.1. The summed E-state index contributed by atoms with van der Waals surface area (Å²) < 4.78 is 5.84. The minimum atomic E-state index is -0.648. The van der Waals surface area contributed by atoms with Crippen LogP contribution < -0.4 is 5.56 Å². The zero-order valence-corrected chi connectivity index (χ0v) is 15.8. The molecule has 27 heavy (non-hydrogen) atoms. The third-order valence-electron chi connectivity index (χ3n) is 3.83. The summed E-state index contributed by atoms with van der Waals surface area (Å²) in [7, 11) is 1.30. The molecule has 0 saturated heterocycles. The van der Waals surface area contributed by atoms with Crippen molar-refractivity contribution in [3.63, 3.8) is 0 Å². The average Bonchev–Trinajstić information content (AvgIpc) is 2.96. The predicted octanol–water partition coefficient (Wildman–Crippen LogP) is 3.10. The van der Waals surface area contributed by atoms with E-state index in [1.165, 1.54) is 14.0 Å². The van der Waals surface area contributed by atoms with Crippen LogP contribution in [0.25, 0.3) is 0 Å². The summed E-state index contributed by atoms with van der Waals surface area (Å²) in [5.41, 5.74) is -0.145. The number of carbonyl (C=O) groups excluding carboxylic acids is 1. The number of rotatable bonds is 4. The molecule has 0 amide bonds. The number of nitrogens with zero attached hydrogens (tertiary/aromatic N) is 5. The second-order valence-electron chi connectivity index (χ2n) is 5.42. The van der Waals surface area contributed by atoms with E-state index in [9.17, 15) is 20.0 Å². The number of hydrogen-bond donors (Lipinski definition) is 1. The number of azo groups is 1. The first-order valence-electron chi connectivity index (χ1n) is 7.73. The molecule has 0 fully saturated rings. The van der Waals surface area contributed by atoms with Crippen LogP contribution in [-0.2, 0) is 11.8 Å².